The third-order valence-corrected chi connectivity index (χ3v) is 5.61. The first kappa shape index (κ1) is 23.6. The van der Waals surface area contributed by atoms with E-state index in [9.17, 15) is 22.8 Å². The number of halogens is 3. The number of hydrogen-bond donors (Lipinski definition) is 2. The van der Waals surface area contributed by atoms with E-state index in [0.29, 0.717) is 6.54 Å². The molecule has 2 aromatic carbocycles. The summed E-state index contributed by atoms with van der Waals surface area (Å²) in [6, 6.07) is 14.4. The van der Waals surface area contributed by atoms with Crippen LogP contribution >= 0.6 is 0 Å². The molecule has 180 valence electrons. The molecule has 0 aliphatic heterocycles. The zero-order valence-electron chi connectivity index (χ0n) is 18.5. The van der Waals surface area contributed by atoms with Gasteiger partial charge in [0, 0.05) is 24.7 Å². The van der Waals surface area contributed by atoms with E-state index in [2.05, 4.69) is 15.7 Å². The van der Waals surface area contributed by atoms with Crippen molar-refractivity contribution in [3.63, 3.8) is 0 Å². The lowest BCUT2D eigenvalue weighted by molar-refractivity contribution is -0.137. The van der Waals surface area contributed by atoms with Gasteiger partial charge in [0.15, 0.2) is 5.82 Å². The van der Waals surface area contributed by atoms with Crippen LogP contribution in [-0.4, -0.2) is 33.5 Å². The van der Waals surface area contributed by atoms with Crippen molar-refractivity contribution in [1.29, 1.82) is 0 Å². The first-order valence-electron chi connectivity index (χ1n) is 11.3. The number of alkyl halides is 3. The molecule has 0 radical (unpaired) electrons. The smallest absolute Gasteiger partial charge is 0.338 e. The van der Waals surface area contributed by atoms with Gasteiger partial charge in [-0.25, -0.2) is 14.3 Å². The van der Waals surface area contributed by atoms with Crippen LogP contribution < -0.4 is 16.3 Å². The van der Waals surface area contributed by atoms with Crippen molar-refractivity contribution in [2.24, 2.45) is 0 Å². The van der Waals surface area contributed by atoms with Crippen LogP contribution in [0.2, 0.25) is 0 Å². The van der Waals surface area contributed by atoms with E-state index < -0.39 is 11.7 Å². The molecule has 0 unspecified atom stereocenters. The van der Waals surface area contributed by atoms with Crippen molar-refractivity contribution >= 4 is 6.03 Å². The van der Waals surface area contributed by atoms with Crippen LogP contribution in [0.5, 0.6) is 0 Å². The molecule has 1 aliphatic carbocycles. The minimum atomic E-state index is -4.48. The molecule has 34 heavy (non-hydrogen) atoms. The molecule has 1 heterocycles. The quantitative estimate of drug-likeness (QED) is 0.461. The van der Waals surface area contributed by atoms with Crippen LogP contribution in [0.25, 0.3) is 11.4 Å². The number of carbonyl (C=O) groups excluding carboxylic acids is 1. The van der Waals surface area contributed by atoms with Crippen molar-refractivity contribution in [1.82, 2.24) is 25.0 Å². The van der Waals surface area contributed by atoms with Crippen LogP contribution in [0.15, 0.2) is 59.4 Å². The summed E-state index contributed by atoms with van der Waals surface area (Å²) in [4.78, 5) is 24.9. The van der Waals surface area contributed by atoms with E-state index in [1.54, 1.807) is 0 Å². The van der Waals surface area contributed by atoms with Crippen molar-refractivity contribution in [2.75, 3.05) is 13.1 Å². The topological polar surface area (TPSA) is 81.0 Å². The molecule has 0 bridgehead atoms. The number of rotatable bonds is 9. The molecule has 1 aromatic heterocycles. The maximum atomic E-state index is 13.1. The lowest BCUT2D eigenvalue weighted by Crippen LogP contribution is -2.39. The summed E-state index contributed by atoms with van der Waals surface area (Å²) in [6.07, 6.45) is -1.28. The molecule has 0 atom stereocenters. The second-order valence-corrected chi connectivity index (χ2v) is 8.28. The van der Waals surface area contributed by atoms with Gasteiger partial charge < -0.3 is 10.6 Å². The van der Waals surface area contributed by atoms with Gasteiger partial charge in [-0.15, -0.1) is 5.10 Å². The third-order valence-electron chi connectivity index (χ3n) is 5.61. The number of aromatic nitrogens is 3. The first-order chi connectivity index (χ1) is 16.3. The van der Waals surface area contributed by atoms with E-state index in [-0.39, 0.29) is 42.2 Å². The summed E-state index contributed by atoms with van der Waals surface area (Å²) in [5.74, 6) is 0.212. The average molecular weight is 473 g/mol. The number of urea groups is 1. The Morgan fingerprint density at radius 3 is 2.47 bits per heavy atom. The highest BCUT2D eigenvalue weighted by Gasteiger charge is 2.33. The minimum Gasteiger partial charge on any atom is -0.338 e. The van der Waals surface area contributed by atoms with Crippen LogP contribution in [0, 0.1) is 0 Å². The van der Waals surface area contributed by atoms with E-state index in [4.69, 9.17) is 0 Å². The molecule has 3 aromatic rings. The van der Waals surface area contributed by atoms with Crippen LogP contribution in [0.1, 0.15) is 36.4 Å². The van der Waals surface area contributed by atoms with Crippen LogP contribution in [0.4, 0.5) is 18.0 Å². The highest BCUT2D eigenvalue weighted by molar-refractivity contribution is 5.73. The predicted molar refractivity (Wildman–Crippen MR) is 121 cm³/mol. The molecule has 1 saturated carbocycles. The number of carbonyl (C=O) groups is 1. The Balaban J connectivity index is 1.34. The van der Waals surface area contributed by atoms with E-state index in [0.717, 1.165) is 37.8 Å². The van der Waals surface area contributed by atoms with Gasteiger partial charge in [0.1, 0.15) is 0 Å². The normalized spacial score (nSPS) is 13.6. The average Bonchev–Trinajstić information content (AvgIpc) is 3.60. The van der Waals surface area contributed by atoms with Crippen LogP contribution in [0.3, 0.4) is 0 Å². The lowest BCUT2D eigenvalue weighted by atomic mass is 10.1. The summed E-state index contributed by atoms with van der Waals surface area (Å²) in [5, 5.41) is 9.77. The van der Waals surface area contributed by atoms with Gasteiger partial charge in [0.25, 0.3) is 0 Å². The molecule has 2 N–H and O–H groups in total. The van der Waals surface area contributed by atoms with Crippen molar-refractivity contribution < 1.29 is 18.0 Å². The number of nitrogens with zero attached hydrogens (tertiary/aromatic N) is 3. The minimum absolute atomic E-state index is 0.0633. The van der Waals surface area contributed by atoms with Gasteiger partial charge in [-0.05, 0) is 43.4 Å². The number of amides is 2. The monoisotopic (exact) mass is 473 g/mol. The first-order valence-corrected chi connectivity index (χ1v) is 11.3. The molecule has 10 heteroatoms. The molecule has 0 spiro atoms. The summed E-state index contributed by atoms with van der Waals surface area (Å²) in [5.41, 5.74) is 0.258. The zero-order chi connectivity index (χ0) is 24.1. The van der Waals surface area contributed by atoms with Crippen molar-refractivity contribution in [3.05, 3.63) is 76.2 Å². The molecular weight excluding hydrogens is 447 g/mol. The van der Waals surface area contributed by atoms with Gasteiger partial charge in [-0.3, -0.25) is 4.57 Å². The fraction of sp³-hybridized carbons (Fsp3) is 0.375. The summed E-state index contributed by atoms with van der Waals surface area (Å²) >= 11 is 0. The number of hydrogen-bond acceptors (Lipinski definition) is 3. The fourth-order valence-electron chi connectivity index (χ4n) is 3.74. The summed E-state index contributed by atoms with van der Waals surface area (Å²) in [6.45, 7) is 0.784. The van der Waals surface area contributed by atoms with Crippen LogP contribution in [-0.2, 0) is 19.1 Å². The molecular formula is C24H26F3N5O2. The summed E-state index contributed by atoms with van der Waals surface area (Å²) in [7, 11) is 0. The fourth-order valence-corrected chi connectivity index (χ4v) is 3.74. The highest BCUT2D eigenvalue weighted by Crippen LogP contribution is 2.37. The largest absolute Gasteiger partial charge is 0.416 e. The number of aryl methyl sites for hydroxylation is 1. The Hall–Kier alpha value is -3.56. The third kappa shape index (κ3) is 5.86. The van der Waals surface area contributed by atoms with Crippen molar-refractivity contribution in [3.8, 4) is 11.4 Å². The predicted octanol–water partition coefficient (Wildman–Crippen LogP) is 4.00. The van der Waals surface area contributed by atoms with Gasteiger partial charge in [-0.2, -0.15) is 13.2 Å². The van der Waals surface area contributed by atoms with Gasteiger partial charge in [-0.1, -0.05) is 42.5 Å². The maximum absolute atomic E-state index is 13.1. The van der Waals surface area contributed by atoms with Gasteiger partial charge >= 0.3 is 17.9 Å². The Kier molecular flexibility index (Phi) is 7.04. The Morgan fingerprint density at radius 1 is 1.03 bits per heavy atom. The Labute approximate surface area is 194 Å². The molecule has 1 fully saturated rings. The maximum Gasteiger partial charge on any atom is 0.416 e. The SMILES string of the molecule is O=C(NCCCc1ccccc1)NCCn1nc(-c2cccc(C(F)(F)F)c2)n(C2CC2)c1=O. The highest BCUT2D eigenvalue weighted by atomic mass is 19.4. The van der Waals surface area contributed by atoms with Crippen molar-refractivity contribution in [2.45, 2.75) is 44.4 Å². The lowest BCUT2D eigenvalue weighted by Gasteiger charge is -2.09. The molecule has 1 aliphatic rings. The Morgan fingerprint density at radius 2 is 1.76 bits per heavy atom. The molecule has 2 amide bonds. The van der Waals surface area contributed by atoms with E-state index in [1.807, 2.05) is 30.3 Å². The van der Waals surface area contributed by atoms with E-state index >= 15 is 0 Å². The van der Waals surface area contributed by atoms with Gasteiger partial charge in [0.05, 0.1) is 12.1 Å². The second-order valence-electron chi connectivity index (χ2n) is 8.28. The molecule has 4 rings (SSSR count). The number of nitrogens with one attached hydrogen (secondary N) is 2. The zero-order valence-corrected chi connectivity index (χ0v) is 18.5. The second kappa shape index (κ2) is 10.1. The summed E-state index contributed by atoms with van der Waals surface area (Å²) < 4.78 is 42.1. The Bertz CT molecular complexity index is 1180. The molecule has 7 nitrogen and oxygen atoms in total. The number of benzene rings is 2. The standard InChI is InChI=1S/C24H26F3N5O2/c25-24(26,27)19-10-4-9-18(16-19)21-30-31(23(34)32(21)20-11-12-20)15-14-29-22(33)28-13-5-8-17-6-2-1-3-7-17/h1-4,6-7,9-10,16,20H,5,8,11-15H2,(H2,28,29,33). The van der Waals surface area contributed by atoms with Gasteiger partial charge in [0.2, 0.25) is 0 Å². The molecule has 0 saturated heterocycles. The van der Waals surface area contributed by atoms with E-state index in [1.165, 1.54) is 26.9 Å².